The zero-order valence-corrected chi connectivity index (χ0v) is 14.3. The first-order chi connectivity index (χ1) is 12.7. The van der Waals surface area contributed by atoms with Gasteiger partial charge in [-0.15, -0.1) is 0 Å². The molecule has 2 aromatic carbocycles. The minimum Gasteiger partial charge on any atom is -0.507 e. The molecule has 0 spiro atoms. The number of rotatable bonds is 6. The zero-order chi connectivity index (χ0) is 20.0. The zero-order valence-electron chi connectivity index (χ0n) is 14.3. The van der Waals surface area contributed by atoms with Gasteiger partial charge in [0.2, 0.25) is 0 Å². The molecule has 0 saturated carbocycles. The minimum absolute atomic E-state index is 0.0462. The number of methoxy groups -OCH3 is 1. The highest BCUT2D eigenvalue weighted by atomic mass is 19.4. The fraction of sp³-hybridized carbons (Fsp3) is 0.222. The fourth-order valence-electron chi connectivity index (χ4n) is 2.19. The van der Waals surface area contributed by atoms with E-state index < -0.39 is 23.6 Å². The molecule has 27 heavy (non-hydrogen) atoms. The largest absolute Gasteiger partial charge is 0.507 e. The Bertz CT molecular complexity index is 820. The average Bonchev–Trinajstić information content (AvgIpc) is 2.64. The fourth-order valence-corrected chi connectivity index (χ4v) is 2.19. The van der Waals surface area contributed by atoms with Gasteiger partial charge in [0.05, 0.1) is 18.2 Å². The highest BCUT2D eigenvalue weighted by molar-refractivity contribution is 5.97. The van der Waals surface area contributed by atoms with Crippen LogP contribution >= 0.6 is 0 Å². The van der Waals surface area contributed by atoms with E-state index in [-0.39, 0.29) is 30.0 Å². The Morgan fingerprint density at radius 1 is 1.00 bits per heavy atom. The van der Waals surface area contributed by atoms with Crippen LogP contribution in [0.4, 0.5) is 13.2 Å². The van der Waals surface area contributed by atoms with Gasteiger partial charge in [0.25, 0.3) is 11.8 Å². The number of benzene rings is 2. The average molecular weight is 382 g/mol. The van der Waals surface area contributed by atoms with Crippen LogP contribution in [0.25, 0.3) is 0 Å². The Hall–Kier alpha value is -3.23. The van der Waals surface area contributed by atoms with Crippen LogP contribution in [-0.4, -0.2) is 37.1 Å². The first kappa shape index (κ1) is 20.1. The predicted octanol–water partition coefficient (Wildman–Crippen LogP) is 2.58. The van der Waals surface area contributed by atoms with E-state index in [0.717, 1.165) is 24.3 Å². The highest BCUT2D eigenvalue weighted by Gasteiger charge is 2.30. The Morgan fingerprint density at radius 3 is 2.11 bits per heavy atom. The van der Waals surface area contributed by atoms with Gasteiger partial charge in [-0.05, 0) is 36.4 Å². The minimum atomic E-state index is -4.47. The molecule has 0 heterocycles. The van der Waals surface area contributed by atoms with Crippen LogP contribution in [0.3, 0.4) is 0 Å². The molecule has 0 aliphatic rings. The quantitative estimate of drug-likeness (QED) is 0.670. The van der Waals surface area contributed by atoms with Gasteiger partial charge in [-0.3, -0.25) is 9.59 Å². The van der Waals surface area contributed by atoms with Crippen molar-refractivity contribution < 1.29 is 32.6 Å². The molecular formula is C18H17F3N2O4. The number of nitrogens with one attached hydrogen (secondary N) is 2. The summed E-state index contributed by atoms with van der Waals surface area (Å²) in [6.45, 7) is 0.124. The molecule has 0 atom stereocenters. The van der Waals surface area contributed by atoms with E-state index in [1.54, 1.807) is 0 Å². The van der Waals surface area contributed by atoms with Crippen molar-refractivity contribution in [2.75, 3.05) is 20.2 Å². The van der Waals surface area contributed by atoms with Gasteiger partial charge in [0.15, 0.2) is 0 Å². The van der Waals surface area contributed by atoms with Crippen LogP contribution in [0.2, 0.25) is 0 Å². The van der Waals surface area contributed by atoms with Gasteiger partial charge >= 0.3 is 6.18 Å². The van der Waals surface area contributed by atoms with E-state index in [2.05, 4.69) is 10.6 Å². The molecule has 0 aliphatic heterocycles. The van der Waals surface area contributed by atoms with Crippen LogP contribution in [0.1, 0.15) is 26.3 Å². The van der Waals surface area contributed by atoms with Crippen molar-refractivity contribution in [2.45, 2.75) is 6.18 Å². The SMILES string of the molecule is COc1ccc(C(=O)NCCNC(=O)c2ccc(C(F)(F)F)cc2)c(O)c1. The second-order valence-corrected chi connectivity index (χ2v) is 5.47. The normalized spacial score (nSPS) is 11.0. The maximum Gasteiger partial charge on any atom is 0.416 e. The molecule has 0 saturated heterocycles. The third-order valence-electron chi connectivity index (χ3n) is 3.62. The van der Waals surface area contributed by atoms with E-state index in [0.29, 0.717) is 5.75 Å². The molecule has 0 bridgehead atoms. The first-order valence-corrected chi connectivity index (χ1v) is 7.83. The molecule has 2 amide bonds. The van der Waals surface area contributed by atoms with Crippen LogP contribution in [0.5, 0.6) is 11.5 Å². The Labute approximate surface area is 153 Å². The third kappa shape index (κ3) is 5.37. The monoisotopic (exact) mass is 382 g/mol. The number of hydrogen-bond acceptors (Lipinski definition) is 4. The standard InChI is InChI=1S/C18H17F3N2O4/c1-27-13-6-7-14(15(24)10-13)17(26)23-9-8-22-16(25)11-2-4-12(5-3-11)18(19,20)21/h2-7,10,24H,8-9H2,1H3,(H,22,25)(H,23,26). The number of hydrogen-bond donors (Lipinski definition) is 3. The number of carbonyl (C=O) groups excluding carboxylic acids is 2. The number of amides is 2. The molecule has 6 nitrogen and oxygen atoms in total. The van der Waals surface area contributed by atoms with Crippen molar-refractivity contribution in [1.82, 2.24) is 10.6 Å². The summed E-state index contributed by atoms with van der Waals surface area (Å²) in [7, 11) is 1.42. The summed E-state index contributed by atoms with van der Waals surface area (Å²) in [5.74, 6) is -0.960. The lowest BCUT2D eigenvalue weighted by Crippen LogP contribution is -2.34. The van der Waals surface area contributed by atoms with Gasteiger partial charge in [-0.25, -0.2) is 0 Å². The number of phenolic OH excluding ortho intramolecular Hbond substituents is 1. The Kier molecular flexibility index (Phi) is 6.27. The van der Waals surface area contributed by atoms with Crippen LogP contribution in [0.15, 0.2) is 42.5 Å². The molecule has 0 fully saturated rings. The van der Waals surface area contributed by atoms with Crippen LogP contribution in [-0.2, 0) is 6.18 Å². The van der Waals surface area contributed by atoms with Gasteiger partial charge in [-0.2, -0.15) is 13.2 Å². The number of halogens is 3. The number of aromatic hydroxyl groups is 1. The van der Waals surface area contributed by atoms with Crippen molar-refractivity contribution in [1.29, 1.82) is 0 Å². The Balaban J connectivity index is 1.82. The lowest BCUT2D eigenvalue weighted by molar-refractivity contribution is -0.137. The van der Waals surface area contributed by atoms with Gasteiger partial charge in [-0.1, -0.05) is 0 Å². The highest BCUT2D eigenvalue weighted by Crippen LogP contribution is 2.29. The third-order valence-corrected chi connectivity index (χ3v) is 3.62. The topological polar surface area (TPSA) is 87.7 Å². The summed E-state index contributed by atoms with van der Waals surface area (Å²) in [5, 5.41) is 14.8. The predicted molar refractivity (Wildman–Crippen MR) is 90.8 cm³/mol. The van der Waals surface area contributed by atoms with Gasteiger partial charge < -0.3 is 20.5 Å². The van der Waals surface area contributed by atoms with E-state index in [1.165, 1.54) is 25.3 Å². The summed E-state index contributed by atoms with van der Waals surface area (Å²) in [4.78, 5) is 23.9. The first-order valence-electron chi connectivity index (χ1n) is 7.83. The van der Waals surface area contributed by atoms with E-state index in [4.69, 9.17) is 4.74 Å². The number of carbonyl (C=O) groups is 2. The second-order valence-electron chi connectivity index (χ2n) is 5.47. The molecule has 2 rings (SSSR count). The molecule has 3 N–H and O–H groups in total. The summed E-state index contributed by atoms with van der Waals surface area (Å²) in [6.07, 6.45) is -4.47. The molecule has 0 aromatic heterocycles. The lowest BCUT2D eigenvalue weighted by atomic mass is 10.1. The summed E-state index contributed by atoms with van der Waals surface area (Å²) in [6, 6.07) is 8.00. The van der Waals surface area contributed by atoms with Gasteiger partial charge in [0, 0.05) is 24.7 Å². The van der Waals surface area contributed by atoms with Crippen molar-refractivity contribution in [3.8, 4) is 11.5 Å². The van der Waals surface area contributed by atoms with E-state index in [1.807, 2.05) is 0 Å². The van der Waals surface area contributed by atoms with Gasteiger partial charge in [0.1, 0.15) is 11.5 Å². The van der Waals surface area contributed by atoms with Crippen molar-refractivity contribution >= 4 is 11.8 Å². The van der Waals surface area contributed by atoms with Crippen LogP contribution < -0.4 is 15.4 Å². The molecular weight excluding hydrogens is 365 g/mol. The number of ether oxygens (including phenoxy) is 1. The smallest absolute Gasteiger partial charge is 0.416 e. The molecule has 0 unspecified atom stereocenters. The number of alkyl halides is 3. The molecule has 0 radical (unpaired) electrons. The maximum absolute atomic E-state index is 12.5. The number of phenols is 1. The summed E-state index contributed by atoms with van der Waals surface area (Å²) >= 11 is 0. The van der Waals surface area contributed by atoms with Crippen molar-refractivity contribution in [2.24, 2.45) is 0 Å². The Morgan fingerprint density at radius 2 is 1.59 bits per heavy atom. The molecule has 144 valence electrons. The molecule has 2 aromatic rings. The lowest BCUT2D eigenvalue weighted by Gasteiger charge is -2.10. The van der Waals surface area contributed by atoms with E-state index in [9.17, 15) is 27.9 Å². The second kappa shape index (κ2) is 8.43. The maximum atomic E-state index is 12.5. The van der Waals surface area contributed by atoms with Crippen molar-refractivity contribution in [3.63, 3.8) is 0 Å². The molecule has 9 heteroatoms. The van der Waals surface area contributed by atoms with Crippen LogP contribution in [0, 0.1) is 0 Å². The summed E-state index contributed by atoms with van der Waals surface area (Å²) < 4.78 is 42.4. The summed E-state index contributed by atoms with van der Waals surface area (Å²) in [5.41, 5.74) is -0.724. The molecule has 0 aliphatic carbocycles. The van der Waals surface area contributed by atoms with Crippen molar-refractivity contribution in [3.05, 3.63) is 59.2 Å². The van der Waals surface area contributed by atoms with E-state index >= 15 is 0 Å².